The summed E-state index contributed by atoms with van der Waals surface area (Å²) in [6, 6.07) is -1.15. The lowest BCUT2D eigenvalue weighted by molar-refractivity contribution is -0.159. The van der Waals surface area contributed by atoms with Crippen molar-refractivity contribution in [3.05, 3.63) is 0 Å². The maximum absolute atomic E-state index is 11.6. The van der Waals surface area contributed by atoms with Gasteiger partial charge in [0.1, 0.15) is 17.5 Å². The Hall–Kier alpha value is -0.750. The van der Waals surface area contributed by atoms with Gasteiger partial charge in [0, 0.05) is 4.75 Å². The van der Waals surface area contributed by atoms with E-state index in [2.05, 4.69) is 0 Å². The van der Waals surface area contributed by atoms with Gasteiger partial charge in [0.05, 0.1) is 0 Å². The van der Waals surface area contributed by atoms with Crippen LogP contribution in [0, 0.1) is 0 Å². The molecule has 16 heavy (non-hydrogen) atoms. The highest BCUT2D eigenvalue weighted by Gasteiger charge is 2.66. The maximum Gasteiger partial charge on any atom is 0.327 e. The van der Waals surface area contributed by atoms with E-state index in [-0.39, 0.29) is 16.0 Å². The van der Waals surface area contributed by atoms with Crippen LogP contribution in [0.25, 0.3) is 0 Å². The summed E-state index contributed by atoms with van der Waals surface area (Å²) >= 11 is 1.62. The van der Waals surface area contributed by atoms with E-state index in [9.17, 15) is 14.7 Å². The van der Waals surface area contributed by atoms with Gasteiger partial charge in [-0.25, -0.2) is 4.79 Å². The molecule has 3 fully saturated rings. The van der Waals surface area contributed by atoms with Crippen molar-refractivity contribution in [1.29, 1.82) is 0 Å². The number of hydrogen-bond donors (Lipinski definition) is 2. The average molecular weight is 242 g/mol. The number of carboxylic acids is 1. The van der Waals surface area contributed by atoms with E-state index in [1.165, 1.54) is 4.90 Å². The number of nitrogens with two attached hydrogens (primary N) is 1. The quantitative estimate of drug-likeness (QED) is 0.632. The van der Waals surface area contributed by atoms with Gasteiger partial charge < -0.3 is 15.7 Å². The van der Waals surface area contributed by atoms with E-state index < -0.39 is 18.1 Å². The van der Waals surface area contributed by atoms with Crippen LogP contribution < -0.4 is 5.73 Å². The zero-order valence-corrected chi connectivity index (χ0v) is 9.57. The Labute approximate surface area is 97.3 Å². The summed E-state index contributed by atoms with van der Waals surface area (Å²) < 4.78 is -0.264. The van der Waals surface area contributed by atoms with E-state index in [1.54, 1.807) is 11.8 Å². The lowest BCUT2D eigenvalue weighted by Crippen LogP contribution is -2.68. The molecule has 3 aliphatic rings. The highest BCUT2D eigenvalue weighted by atomic mass is 32.2. The molecule has 1 aliphatic carbocycles. The van der Waals surface area contributed by atoms with E-state index in [1.807, 2.05) is 0 Å². The molecular formula is C10H14N2O3S. The summed E-state index contributed by atoms with van der Waals surface area (Å²) in [7, 11) is 0. The molecule has 0 aromatic rings. The van der Waals surface area contributed by atoms with Crippen LogP contribution in [0.1, 0.15) is 25.7 Å². The van der Waals surface area contributed by atoms with Crippen molar-refractivity contribution in [3.63, 3.8) is 0 Å². The lowest BCUT2D eigenvalue weighted by atomic mass is 9.92. The molecule has 2 saturated heterocycles. The number of hydrogen-bond acceptors (Lipinski definition) is 4. The fourth-order valence-electron chi connectivity index (χ4n) is 3.18. The molecule has 3 N–H and O–H groups in total. The van der Waals surface area contributed by atoms with Crippen LogP contribution in [0.5, 0.6) is 0 Å². The number of carboxylic acid groups (broad SMARTS) is 1. The second kappa shape index (κ2) is 3.13. The van der Waals surface area contributed by atoms with Gasteiger partial charge in [0.25, 0.3) is 0 Å². The van der Waals surface area contributed by atoms with Gasteiger partial charge in [-0.2, -0.15) is 0 Å². The number of thioether (sulfide) groups is 1. The lowest BCUT2D eigenvalue weighted by Gasteiger charge is -2.41. The van der Waals surface area contributed by atoms with Gasteiger partial charge >= 0.3 is 5.97 Å². The summed E-state index contributed by atoms with van der Waals surface area (Å²) in [5, 5.41) is 9.21. The Morgan fingerprint density at radius 2 is 2.12 bits per heavy atom. The second-order valence-electron chi connectivity index (χ2n) is 4.79. The molecule has 1 amide bonds. The van der Waals surface area contributed by atoms with Crippen LogP contribution in [0.3, 0.4) is 0 Å². The molecule has 0 bridgehead atoms. The number of amides is 1. The maximum atomic E-state index is 11.6. The highest BCUT2D eigenvalue weighted by Crippen LogP contribution is 2.57. The predicted molar refractivity (Wildman–Crippen MR) is 58.8 cm³/mol. The predicted octanol–water partition coefficient (Wildman–Crippen LogP) is -0.00520. The van der Waals surface area contributed by atoms with Gasteiger partial charge in [-0.15, -0.1) is 11.8 Å². The minimum Gasteiger partial charge on any atom is -0.480 e. The minimum atomic E-state index is -0.878. The Morgan fingerprint density at radius 3 is 2.69 bits per heavy atom. The monoisotopic (exact) mass is 242 g/mol. The summed E-state index contributed by atoms with van der Waals surface area (Å²) in [4.78, 5) is 24.5. The Bertz CT molecular complexity index is 367. The molecule has 2 unspecified atom stereocenters. The van der Waals surface area contributed by atoms with Crippen LogP contribution in [0.2, 0.25) is 0 Å². The number of rotatable bonds is 1. The second-order valence-corrected chi connectivity index (χ2v) is 6.32. The zero-order valence-electron chi connectivity index (χ0n) is 8.76. The third-order valence-corrected chi connectivity index (χ3v) is 5.80. The molecule has 3 atom stereocenters. The zero-order chi connectivity index (χ0) is 11.5. The molecule has 0 radical (unpaired) electrons. The molecule has 3 rings (SSSR count). The SMILES string of the molecule is NC1C(=O)N2C(C(=O)O)C3(CCCC3)S[C@H]12. The first kappa shape index (κ1) is 10.4. The fraction of sp³-hybridized carbons (Fsp3) is 0.800. The standard InChI is InChI=1S/C10H14N2O3S/c11-5-7(13)12-6(9(14)15)10(16-8(5)12)3-1-2-4-10/h5-6,8H,1-4,11H2,(H,14,15)/t5?,6?,8-/m1/s1. The van der Waals surface area contributed by atoms with Gasteiger partial charge in [0.2, 0.25) is 5.91 Å². The first-order valence-corrected chi connectivity index (χ1v) is 6.43. The van der Waals surface area contributed by atoms with Gasteiger partial charge in [0.15, 0.2) is 0 Å². The largest absolute Gasteiger partial charge is 0.480 e. The topological polar surface area (TPSA) is 83.6 Å². The molecule has 1 spiro atoms. The minimum absolute atomic E-state index is 0.105. The van der Waals surface area contributed by atoms with E-state index >= 15 is 0 Å². The van der Waals surface area contributed by atoms with Gasteiger partial charge in [-0.3, -0.25) is 4.79 Å². The van der Waals surface area contributed by atoms with Gasteiger partial charge in [-0.05, 0) is 12.8 Å². The van der Waals surface area contributed by atoms with Crippen molar-refractivity contribution < 1.29 is 14.7 Å². The Balaban J connectivity index is 1.97. The summed E-state index contributed by atoms with van der Waals surface area (Å²) in [6.07, 6.45) is 3.89. The van der Waals surface area contributed by atoms with Gasteiger partial charge in [-0.1, -0.05) is 12.8 Å². The molecule has 6 heteroatoms. The molecule has 0 aromatic carbocycles. The molecule has 0 aromatic heterocycles. The summed E-state index contributed by atoms with van der Waals surface area (Å²) in [5.74, 6) is -1.08. The number of aliphatic carboxylic acids is 1. The van der Waals surface area contributed by atoms with E-state index in [0.29, 0.717) is 0 Å². The molecule has 5 nitrogen and oxygen atoms in total. The van der Waals surface area contributed by atoms with Crippen molar-refractivity contribution in [3.8, 4) is 0 Å². The van der Waals surface area contributed by atoms with Crippen molar-refractivity contribution in [2.45, 2.75) is 47.9 Å². The normalized spacial score (nSPS) is 39.9. The molecule has 2 heterocycles. The van der Waals surface area contributed by atoms with Crippen molar-refractivity contribution >= 4 is 23.6 Å². The Kier molecular flexibility index (Phi) is 2.04. The highest BCUT2D eigenvalue weighted by molar-refractivity contribution is 8.01. The van der Waals surface area contributed by atoms with Crippen LogP contribution in [0.4, 0.5) is 0 Å². The van der Waals surface area contributed by atoms with Crippen LogP contribution in [0.15, 0.2) is 0 Å². The van der Waals surface area contributed by atoms with Crippen molar-refractivity contribution in [1.82, 2.24) is 4.90 Å². The third kappa shape index (κ3) is 1.06. The van der Waals surface area contributed by atoms with E-state index in [0.717, 1.165) is 25.7 Å². The first-order valence-electron chi connectivity index (χ1n) is 5.55. The number of carbonyl (C=O) groups is 2. The number of β-lactam (4-membered cyclic amide) rings is 1. The Morgan fingerprint density at radius 1 is 1.50 bits per heavy atom. The summed E-state index contributed by atoms with van der Waals surface area (Å²) in [5.41, 5.74) is 5.72. The summed E-state index contributed by atoms with van der Waals surface area (Å²) in [6.45, 7) is 0. The number of fused-ring (bicyclic) bond motifs is 1. The smallest absolute Gasteiger partial charge is 0.327 e. The van der Waals surface area contributed by atoms with E-state index in [4.69, 9.17) is 5.73 Å². The van der Waals surface area contributed by atoms with Crippen molar-refractivity contribution in [2.24, 2.45) is 5.73 Å². The molecule has 88 valence electrons. The first-order chi connectivity index (χ1) is 7.57. The van der Waals surface area contributed by atoms with Crippen molar-refractivity contribution in [2.75, 3.05) is 0 Å². The number of nitrogens with zero attached hydrogens (tertiary/aromatic N) is 1. The molecule has 1 saturated carbocycles. The average Bonchev–Trinajstić information content (AvgIpc) is 2.82. The van der Waals surface area contributed by atoms with Crippen LogP contribution >= 0.6 is 11.8 Å². The molecular weight excluding hydrogens is 228 g/mol. The third-order valence-electron chi connectivity index (χ3n) is 3.94. The van der Waals surface area contributed by atoms with Crippen LogP contribution in [-0.4, -0.2) is 44.1 Å². The molecule has 2 aliphatic heterocycles. The fourth-order valence-corrected chi connectivity index (χ4v) is 5.13. The number of carbonyl (C=O) groups excluding carboxylic acids is 1. The van der Waals surface area contributed by atoms with Crippen LogP contribution in [-0.2, 0) is 9.59 Å².